The molecular formula is C24H29N5O2. The summed E-state index contributed by atoms with van der Waals surface area (Å²) < 4.78 is 1.73. The van der Waals surface area contributed by atoms with Gasteiger partial charge in [0.1, 0.15) is 5.82 Å². The molecule has 0 saturated carbocycles. The van der Waals surface area contributed by atoms with Crippen molar-refractivity contribution in [2.75, 3.05) is 39.0 Å². The normalized spacial score (nSPS) is 10.8. The minimum absolute atomic E-state index is 0.0260. The van der Waals surface area contributed by atoms with Gasteiger partial charge in [0.2, 0.25) is 11.8 Å². The number of benzene rings is 2. The van der Waals surface area contributed by atoms with Gasteiger partial charge >= 0.3 is 0 Å². The molecule has 0 bridgehead atoms. The maximum Gasteiger partial charge on any atom is 0.239 e. The molecule has 162 valence electrons. The van der Waals surface area contributed by atoms with E-state index < -0.39 is 0 Å². The molecule has 1 N–H and O–H groups in total. The summed E-state index contributed by atoms with van der Waals surface area (Å²) >= 11 is 0. The Bertz CT molecular complexity index is 999. The summed E-state index contributed by atoms with van der Waals surface area (Å²) in [6, 6.07) is 21.4. The van der Waals surface area contributed by atoms with E-state index in [9.17, 15) is 9.59 Å². The molecule has 0 unspecified atom stereocenters. The second-order valence-electron chi connectivity index (χ2n) is 7.58. The fourth-order valence-electron chi connectivity index (χ4n) is 3.23. The molecule has 3 rings (SSSR count). The number of likely N-dealkylation sites (N-methyl/N-ethyl adjacent to an activating group) is 1. The second kappa shape index (κ2) is 10.5. The molecule has 2 amide bonds. The number of carbonyl (C=O) groups excluding carboxylic acids is 2. The van der Waals surface area contributed by atoms with Crippen molar-refractivity contribution in [2.24, 2.45) is 0 Å². The van der Waals surface area contributed by atoms with Crippen LogP contribution in [0.25, 0.3) is 16.9 Å². The van der Waals surface area contributed by atoms with Crippen LogP contribution >= 0.6 is 0 Å². The molecule has 0 saturated heterocycles. The van der Waals surface area contributed by atoms with Crippen molar-refractivity contribution in [3.05, 3.63) is 66.7 Å². The lowest BCUT2D eigenvalue weighted by Gasteiger charge is -2.22. The standard InChI is InChI=1S/C24H29N5O2/c1-4-15-28(18-24(31)27(2)3)17-23(30)25-22-16-21(19-11-7-5-8-12-19)26-29(22)20-13-9-6-10-14-20/h5-14,16H,4,15,17-18H2,1-3H3,(H,25,30). The number of rotatable bonds is 9. The van der Waals surface area contributed by atoms with E-state index >= 15 is 0 Å². The summed E-state index contributed by atoms with van der Waals surface area (Å²) in [5.41, 5.74) is 2.60. The van der Waals surface area contributed by atoms with Crippen molar-refractivity contribution in [1.82, 2.24) is 19.6 Å². The molecule has 31 heavy (non-hydrogen) atoms. The van der Waals surface area contributed by atoms with Gasteiger partial charge < -0.3 is 10.2 Å². The third-order valence-electron chi connectivity index (χ3n) is 4.81. The maximum absolute atomic E-state index is 12.9. The van der Waals surface area contributed by atoms with Crippen LogP contribution in [0, 0.1) is 0 Å². The first-order chi connectivity index (χ1) is 15.0. The van der Waals surface area contributed by atoms with Crippen molar-refractivity contribution >= 4 is 17.6 Å². The monoisotopic (exact) mass is 419 g/mol. The molecule has 3 aromatic rings. The van der Waals surface area contributed by atoms with Gasteiger partial charge in [0.25, 0.3) is 0 Å². The van der Waals surface area contributed by atoms with Crippen LogP contribution in [0.5, 0.6) is 0 Å². The van der Waals surface area contributed by atoms with E-state index in [1.807, 2.05) is 78.6 Å². The summed E-state index contributed by atoms with van der Waals surface area (Å²) in [7, 11) is 3.44. The quantitative estimate of drug-likeness (QED) is 0.578. The predicted octanol–water partition coefficient (Wildman–Crippen LogP) is 3.28. The third-order valence-corrected chi connectivity index (χ3v) is 4.81. The molecule has 0 radical (unpaired) electrons. The molecule has 0 aliphatic heterocycles. The Balaban J connectivity index is 1.83. The molecule has 7 heteroatoms. The number of carbonyl (C=O) groups is 2. The van der Waals surface area contributed by atoms with Gasteiger partial charge in [-0.2, -0.15) is 5.10 Å². The highest BCUT2D eigenvalue weighted by Gasteiger charge is 2.18. The molecule has 7 nitrogen and oxygen atoms in total. The van der Waals surface area contributed by atoms with Crippen molar-refractivity contribution in [1.29, 1.82) is 0 Å². The number of aromatic nitrogens is 2. The van der Waals surface area contributed by atoms with Crippen LogP contribution < -0.4 is 5.32 Å². The summed E-state index contributed by atoms with van der Waals surface area (Å²) in [5, 5.41) is 7.70. The summed E-state index contributed by atoms with van der Waals surface area (Å²) in [4.78, 5) is 28.4. The van der Waals surface area contributed by atoms with Crippen LogP contribution in [0.1, 0.15) is 13.3 Å². The molecule has 2 aromatic carbocycles. The Labute approximate surface area is 183 Å². The lowest BCUT2D eigenvalue weighted by Crippen LogP contribution is -2.41. The van der Waals surface area contributed by atoms with Gasteiger partial charge in [-0.3, -0.25) is 14.5 Å². The van der Waals surface area contributed by atoms with Crippen LogP contribution in [0.2, 0.25) is 0 Å². The Morgan fingerprint density at radius 3 is 2.23 bits per heavy atom. The van der Waals surface area contributed by atoms with Crippen molar-refractivity contribution in [3.63, 3.8) is 0 Å². The number of para-hydroxylation sites is 1. The van der Waals surface area contributed by atoms with Gasteiger partial charge in [0, 0.05) is 25.7 Å². The maximum atomic E-state index is 12.9. The fraction of sp³-hybridized carbons (Fsp3) is 0.292. The zero-order chi connectivity index (χ0) is 22.2. The van der Waals surface area contributed by atoms with E-state index in [1.54, 1.807) is 18.8 Å². The first-order valence-electron chi connectivity index (χ1n) is 10.4. The van der Waals surface area contributed by atoms with Gasteiger partial charge in [0.05, 0.1) is 24.5 Å². The van der Waals surface area contributed by atoms with E-state index in [0.29, 0.717) is 12.4 Å². The average molecular weight is 420 g/mol. The van der Waals surface area contributed by atoms with Crippen LogP contribution in [-0.4, -0.2) is 65.1 Å². The molecule has 1 aromatic heterocycles. The highest BCUT2D eigenvalue weighted by atomic mass is 16.2. The number of nitrogens with zero attached hydrogens (tertiary/aromatic N) is 4. The lowest BCUT2D eigenvalue weighted by atomic mass is 10.1. The Morgan fingerprint density at radius 1 is 0.968 bits per heavy atom. The minimum Gasteiger partial charge on any atom is -0.348 e. The van der Waals surface area contributed by atoms with E-state index in [4.69, 9.17) is 5.10 Å². The molecular weight excluding hydrogens is 390 g/mol. The van der Waals surface area contributed by atoms with Gasteiger partial charge in [-0.15, -0.1) is 0 Å². The molecule has 0 aliphatic carbocycles. The third kappa shape index (κ3) is 6.02. The largest absolute Gasteiger partial charge is 0.348 e. The SMILES string of the molecule is CCCN(CC(=O)Nc1cc(-c2ccccc2)nn1-c1ccccc1)CC(=O)N(C)C. The van der Waals surface area contributed by atoms with Crippen LogP contribution in [-0.2, 0) is 9.59 Å². The second-order valence-corrected chi connectivity index (χ2v) is 7.58. The predicted molar refractivity (Wildman–Crippen MR) is 123 cm³/mol. The highest BCUT2D eigenvalue weighted by Crippen LogP contribution is 2.24. The average Bonchev–Trinajstić information content (AvgIpc) is 3.18. The fourth-order valence-corrected chi connectivity index (χ4v) is 3.23. The smallest absolute Gasteiger partial charge is 0.239 e. The number of anilines is 1. The van der Waals surface area contributed by atoms with Gasteiger partial charge in [-0.1, -0.05) is 55.5 Å². The first-order valence-corrected chi connectivity index (χ1v) is 10.4. The van der Waals surface area contributed by atoms with E-state index in [0.717, 1.165) is 23.4 Å². The van der Waals surface area contributed by atoms with Gasteiger partial charge in [0.15, 0.2) is 0 Å². The summed E-state index contributed by atoms with van der Waals surface area (Å²) in [5.74, 6) is 0.379. The van der Waals surface area contributed by atoms with Crippen LogP contribution in [0.4, 0.5) is 5.82 Å². The number of nitrogens with one attached hydrogen (secondary N) is 1. The molecule has 0 aliphatic rings. The molecule has 0 fully saturated rings. The van der Waals surface area contributed by atoms with Crippen molar-refractivity contribution < 1.29 is 9.59 Å². The van der Waals surface area contributed by atoms with Gasteiger partial charge in [-0.25, -0.2) is 4.68 Å². The first kappa shape index (κ1) is 22.2. The summed E-state index contributed by atoms with van der Waals surface area (Å²) in [6.45, 7) is 3.04. The van der Waals surface area contributed by atoms with Crippen LogP contribution in [0.15, 0.2) is 66.7 Å². The summed E-state index contributed by atoms with van der Waals surface area (Å²) in [6.07, 6.45) is 0.855. The van der Waals surface area contributed by atoms with E-state index in [1.165, 1.54) is 4.90 Å². The van der Waals surface area contributed by atoms with Crippen LogP contribution in [0.3, 0.4) is 0 Å². The number of hydrogen-bond donors (Lipinski definition) is 1. The lowest BCUT2D eigenvalue weighted by molar-refractivity contribution is -0.130. The van der Waals surface area contributed by atoms with Crippen molar-refractivity contribution in [3.8, 4) is 16.9 Å². The minimum atomic E-state index is -0.184. The Hall–Kier alpha value is -3.45. The Morgan fingerprint density at radius 2 is 1.61 bits per heavy atom. The highest BCUT2D eigenvalue weighted by molar-refractivity contribution is 5.92. The van der Waals surface area contributed by atoms with Gasteiger partial charge in [-0.05, 0) is 25.1 Å². The molecule has 1 heterocycles. The number of amides is 2. The topological polar surface area (TPSA) is 70.5 Å². The van der Waals surface area contributed by atoms with E-state index in [-0.39, 0.29) is 24.9 Å². The number of hydrogen-bond acceptors (Lipinski definition) is 4. The van der Waals surface area contributed by atoms with E-state index in [2.05, 4.69) is 5.32 Å². The molecule has 0 spiro atoms. The zero-order valence-corrected chi connectivity index (χ0v) is 18.3. The Kier molecular flexibility index (Phi) is 7.56. The van der Waals surface area contributed by atoms with Crippen molar-refractivity contribution in [2.45, 2.75) is 13.3 Å². The zero-order valence-electron chi connectivity index (χ0n) is 18.3. The molecule has 0 atom stereocenters.